The zero-order valence-corrected chi connectivity index (χ0v) is 15.5. The van der Waals surface area contributed by atoms with Gasteiger partial charge in [-0.05, 0) is 53.4 Å². The molecule has 0 spiro atoms. The summed E-state index contributed by atoms with van der Waals surface area (Å²) in [5.41, 5.74) is 2.70. The number of hydrogen-bond donors (Lipinski definition) is 2. The Hall–Kier alpha value is -3.48. The first kappa shape index (κ1) is 20.3. The molecule has 3 aromatic carbocycles. The predicted octanol–water partition coefficient (Wildman–Crippen LogP) is 5.15. The number of carbonyl (C=O) groups is 1. The quantitative estimate of drug-likeness (QED) is 0.575. The van der Waals surface area contributed by atoms with E-state index in [2.05, 4.69) is 5.32 Å². The van der Waals surface area contributed by atoms with E-state index >= 15 is 0 Å². The van der Waals surface area contributed by atoms with Crippen LogP contribution in [0, 0.1) is 24.4 Å². The maximum Gasteiger partial charge on any atom is 0.341 e. The lowest BCUT2D eigenvalue weighted by Crippen LogP contribution is -2.12. The number of anilines is 1. The average Bonchev–Trinajstić information content (AvgIpc) is 2.68. The molecule has 0 aliphatic rings. The monoisotopic (exact) mass is 401 g/mol. The average molecular weight is 401 g/mol. The molecule has 0 heterocycles. The largest absolute Gasteiger partial charge is 0.479 e. The van der Waals surface area contributed by atoms with Crippen LogP contribution in [0.3, 0.4) is 0 Å². The second-order valence-corrected chi connectivity index (χ2v) is 6.37. The Kier molecular flexibility index (Phi) is 6.07. The number of hydrogen-bond acceptors (Lipinski definition) is 3. The number of carboxylic acids is 1. The van der Waals surface area contributed by atoms with Crippen molar-refractivity contribution in [2.45, 2.75) is 13.5 Å². The number of rotatable bonds is 7. The van der Waals surface area contributed by atoms with Crippen LogP contribution in [0.5, 0.6) is 5.75 Å². The van der Waals surface area contributed by atoms with Gasteiger partial charge in [-0.1, -0.05) is 30.3 Å². The minimum Gasteiger partial charge on any atom is -0.479 e. The van der Waals surface area contributed by atoms with Crippen molar-refractivity contribution >= 4 is 11.7 Å². The smallest absolute Gasteiger partial charge is 0.341 e. The summed E-state index contributed by atoms with van der Waals surface area (Å²) in [7, 11) is 0. The summed E-state index contributed by atoms with van der Waals surface area (Å²) in [6.45, 7) is 1.21. The fraction of sp³-hybridized carbons (Fsp3) is 0.136. The zero-order chi connectivity index (χ0) is 21.0. The summed E-state index contributed by atoms with van der Waals surface area (Å²) in [6.07, 6.45) is 0. The lowest BCUT2D eigenvalue weighted by Gasteiger charge is -2.15. The van der Waals surface area contributed by atoms with E-state index < -0.39 is 29.9 Å². The lowest BCUT2D eigenvalue weighted by molar-refractivity contribution is -0.139. The highest BCUT2D eigenvalue weighted by Crippen LogP contribution is 2.30. The summed E-state index contributed by atoms with van der Waals surface area (Å²) >= 11 is 0. The van der Waals surface area contributed by atoms with Gasteiger partial charge < -0.3 is 15.2 Å². The highest BCUT2D eigenvalue weighted by molar-refractivity contribution is 5.69. The van der Waals surface area contributed by atoms with Gasteiger partial charge in [0.1, 0.15) is 17.3 Å². The second kappa shape index (κ2) is 8.68. The third-order valence-corrected chi connectivity index (χ3v) is 4.44. The van der Waals surface area contributed by atoms with Crippen molar-refractivity contribution in [1.29, 1.82) is 0 Å². The molecule has 3 rings (SSSR count). The van der Waals surface area contributed by atoms with Gasteiger partial charge in [-0.2, -0.15) is 0 Å². The molecule has 0 atom stereocenters. The maximum atomic E-state index is 14.5. The van der Waals surface area contributed by atoms with Crippen molar-refractivity contribution in [3.05, 3.63) is 83.2 Å². The topological polar surface area (TPSA) is 58.6 Å². The molecule has 3 aromatic rings. The van der Waals surface area contributed by atoms with Crippen LogP contribution in [-0.2, 0) is 11.3 Å². The van der Waals surface area contributed by atoms with Crippen LogP contribution in [0.2, 0.25) is 0 Å². The minimum absolute atomic E-state index is 0.102. The van der Waals surface area contributed by atoms with Crippen molar-refractivity contribution < 1.29 is 27.8 Å². The van der Waals surface area contributed by atoms with E-state index in [9.17, 15) is 18.0 Å². The number of halogens is 3. The normalized spacial score (nSPS) is 10.6. The molecule has 2 N–H and O–H groups in total. The highest BCUT2D eigenvalue weighted by Gasteiger charge is 2.16. The first-order valence-electron chi connectivity index (χ1n) is 8.77. The van der Waals surface area contributed by atoms with Crippen molar-refractivity contribution in [2.24, 2.45) is 0 Å². The molecule has 0 saturated carbocycles. The van der Waals surface area contributed by atoms with Gasteiger partial charge in [-0.3, -0.25) is 0 Å². The van der Waals surface area contributed by atoms with E-state index in [1.165, 1.54) is 12.1 Å². The number of carboxylic acid groups (broad SMARTS) is 1. The first-order chi connectivity index (χ1) is 13.9. The predicted molar refractivity (Wildman–Crippen MR) is 103 cm³/mol. The van der Waals surface area contributed by atoms with Gasteiger partial charge in [0.05, 0.1) is 0 Å². The third kappa shape index (κ3) is 4.68. The summed E-state index contributed by atoms with van der Waals surface area (Å²) in [6, 6.07) is 13.6. The molecule has 0 aliphatic carbocycles. The van der Waals surface area contributed by atoms with Crippen LogP contribution in [0.1, 0.15) is 11.1 Å². The van der Waals surface area contributed by atoms with Gasteiger partial charge in [0.15, 0.2) is 18.2 Å². The zero-order valence-electron chi connectivity index (χ0n) is 15.5. The molecule has 4 nitrogen and oxygen atoms in total. The van der Waals surface area contributed by atoms with Crippen LogP contribution in [-0.4, -0.2) is 17.7 Å². The van der Waals surface area contributed by atoms with Crippen molar-refractivity contribution in [2.75, 3.05) is 11.9 Å². The molecular formula is C22H18F3NO3. The summed E-state index contributed by atoms with van der Waals surface area (Å²) in [5, 5.41) is 11.4. The van der Waals surface area contributed by atoms with Crippen LogP contribution >= 0.6 is 0 Å². The SMILES string of the molecule is Cc1c(CNc2c(F)ccc(OCC(=O)O)c2F)cccc1-c1cccc(F)c1. The van der Waals surface area contributed by atoms with Crippen LogP contribution in [0.25, 0.3) is 11.1 Å². The van der Waals surface area contributed by atoms with Crippen LogP contribution in [0.4, 0.5) is 18.9 Å². The van der Waals surface area contributed by atoms with E-state index in [0.717, 1.165) is 28.8 Å². The Morgan fingerprint density at radius 3 is 2.55 bits per heavy atom. The van der Waals surface area contributed by atoms with Gasteiger partial charge in [0.25, 0.3) is 0 Å². The molecule has 0 unspecified atom stereocenters. The van der Waals surface area contributed by atoms with Gasteiger partial charge in [0, 0.05) is 6.54 Å². The third-order valence-electron chi connectivity index (χ3n) is 4.44. The van der Waals surface area contributed by atoms with E-state index in [4.69, 9.17) is 9.84 Å². The highest BCUT2D eigenvalue weighted by atomic mass is 19.1. The number of aliphatic carboxylic acids is 1. The molecule has 0 radical (unpaired) electrons. The molecule has 0 saturated heterocycles. The second-order valence-electron chi connectivity index (χ2n) is 6.37. The van der Waals surface area contributed by atoms with Crippen molar-refractivity contribution in [3.8, 4) is 16.9 Å². The number of ether oxygens (including phenoxy) is 1. The Labute approximate surface area is 165 Å². The summed E-state index contributed by atoms with van der Waals surface area (Å²) in [5.74, 6) is -3.82. The fourth-order valence-corrected chi connectivity index (χ4v) is 2.97. The minimum atomic E-state index is -1.27. The number of nitrogens with one attached hydrogen (secondary N) is 1. The van der Waals surface area contributed by atoms with E-state index in [1.807, 2.05) is 13.0 Å². The molecule has 7 heteroatoms. The first-order valence-corrected chi connectivity index (χ1v) is 8.77. The van der Waals surface area contributed by atoms with E-state index in [1.54, 1.807) is 24.3 Å². The van der Waals surface area contributed by atoms with E-state index in [-0.39, 0.29) is 18.1 Å². The Morgan fingerprint density at radius 1 is 1.07 bits per heavy atom. The molecule has 0 aromatic heterocycles. The molecular weight excluding hydrogens is 383 g/mol. The summed E-state index contributed by atoms with van der Waals surface area (Å²) in [4.78, 5) is 10.6. The summed E-state index contributed by atoms with van der Waals surface area (Å²) < 4.78 is 47.0. The van der Waals surface area contributed by atoms with Gasteiger partial charge in [0.2, 0.25) is 0 Å². The van der Waals surface area contributed by atoms with Crippen molar-refractivity contribution in [1.82, 2.24) is 0 Å². The van der Waals surface area contributed by atoms with E-state index in [0.29, 0.717) is 5.56 Å². The Bertz CT molecular complexity index is 1050. The molecule has 0 aliphatic heterocycles. The molecule has 0 fully saturated rings. The lowest BCUT2D eigenvalue weighted by atomic mass is 9.96. The fourth-order valence-electron chi connectivity index (χ4n) is 2.97. The standard InChI is InChI=1S/C22H18F3NO3/c1-13-15(5-3-7-17(13)14-4-2-6-16(23)10-14)11-26-22-18(24)8-9-19(21(22)25)29-12-20(27)28/h2-10,26H,11-12H2,1H3,(H,27,28). The van der Waals surface area contributed by atoms with Crippen LogP contribution in [0.15, 0.2) is 54.6 Å². The Morgan fingerprint density at radius 2 is 1.83 bits per heavy atom. The van der Waals surface area contributed by atoms with Gasteiger partial charge in [-0.25, -0.2) is 18.0 Å². The molecule has 29 heavy (non-hydrogen) atoms. The van der Waals surface area contributed by atoms with Crippen LogP contribution < -0.4 is 10.1 Å². The van der Waals surface area contributed by atoms with Crippen molar-refractivity contribution in [3.63, 3.8) is 0 Å². The van der Waals surface area contributed by atoms with Gasteiger partial charge >= 0.3 is 5.97 Å². The maximum absolute atomic E-state index is 14.5. The van der Waals surface area contributed by atoms with Gasteiger partial charge in [-0.15, -0.1) is 0 Å². The number of benzene rings is 3. The molecule has 0 amide bonds. The molecule has 150 valence electrons. The molecule has 0 bridgehead atoms. The Balaban J connectivity index is 1.84.